The van der Waals surface area contributed by atoms with E-state index in [2.05, 4.69) is 37.8 Å². The van der Waals surface area contributed by atoms with Crippen LogP contribution in [0.4, 0.5) is 0 Å². The highest BCUT2D eigenvalue weighted by Crippen LogP contribution is 2.48. The number of fused-ring (bicyclic) bond motifs is 1. The number of rotatable bonds is 16. The summed E-state index contributed by atoms with van der Waals surface area (Å²) in [5, 5.41) is 20.7. The van der Waals surface area contributed by atoms with Crippen molar-refractivity contribution in [2.24, 2.45) is 17.8 Å². The fraction of sp³-hybridized carbons (Fsp3) is 0.852. The lowest BCUT2D eigenvalue weighted by atomic mass is 9.88. The number of unbranched alkanes of at least 4 members (excludes halogenated alkanes) is 4. The Labute approximate surface area is 186 Å². The largest absolute Gasteiger partial charge is 0.392 e. The van der Waals surface area contributed by atoms with Gasteiger partial charge in [-0.25, -0.2) is 0 Å². The van der Waals surface area contributed by atoms with E-state index in [1.54, 1.807) is 5.57 Å². The zero-order valence-corrected chi connectivity index (χ0v) is 20.1. The maximum atomic E-state index is 10.5. The summed E-state index contributed by atoms with van der Waals surface area (Å²) in [6, 6.07) is 0. The third-order valence-electron chi connectivity index (χ3n) is 7.16. The molecule has 0 spiro atoms. The Hall–Kier alpha value is -0.640. The Kier molecular flexibility index (Phi) is 12.3. The third-order valence-corrected chi connectivity index (χ3v) is 7.16. The topological polar surface area (TPSA) is 43.7 Å². The van der Waals surface area contributed by atoms with E-state index in [1.165, 1.54) is 71.0 Å². The zero-order valence-electron chi connectivity index (χ0n) is 20.1. The van der Waals surface area contributed by atoms with Gasteiger partial charge in [0.25, 0.3) is 0 Å². The summed E-state index contributed by atoms with van der Waals surface area (Å²) in [4.78, 5) is 2.62. The molecule has 0 unspecified atom stereocenters. The fourth-order valence-corrected chi connectivity index (χ4v) is 5.58. The highest BCUT2D eigenvalue weighted by Gasteiger charge is 2.43. The Morgan fingerprint density at radius 3 is 2.47 bits per heavy atom. The van der Waals surface area contributed by atoms with Crippen LogP contribution in [0.5, 0.6) is 0 Å². The van der Waals surface area contributed by atoms with E-state index in [0.717, 1.165) is 25.7 Å². The van der Waals surface area contributed by atoms with Gasteiger partial charge >= 0.3 is 0 Å². The van der Waals surface area contributed by atoms with Crippen LogP contribution in [0.2, 0.25) is 0 Å². The number of aliphatic hydroxyl groups is 2. The predicted molar refractivity (Wildman–Crippen MR) is 129 cm³/mol. The van der Waals surface area contributed by atoms with E-state index in [-0.39, 0.29) is 18.1 Å². The van der Waals surface area contributed by atoms with Crippen LogP contribution in [0.1, 0.15) is 97.8 Å². The quantitative estimate of drug-likeness (QED) is 0.234. The predicted octanol–water partition coefficient (Wildman–Crippen LogP) is 6.11. The molecule has 0 radical (unpaired) electrons. The average Bonchev–Trinajstić information content (AvgIpc) is 3.23. The Morgan fingerprint density at radius 1 is 1.00 bits per heavy atom. The summed E-state index contributed by atoms with van der Waals surface area (Å²) in [6.07, 6.45) is 20.1. The lowest BCUT2D eigenvalue weighted by Gasteiger charge is -2.20. The second kappa shape index (κ2) is 14.4. The van der Waals surface area contributed by atoms with Crippen LogP contribution in [0.15, 0.2) is 23.8 Å². The molecule has 1 fully saturated rings. The molecule has 174 valence electrons. The SMILES string of the molecule is CCCCC[C@H](O)/C=C/[C@@H]1[C@H]2CC(CCCCCN(CCC)CCC)=C[C@H]2C[C@H]1O. The van der Waals surface area contributed by atoms with Gasteiger partial charge in [-0.05, 0) is 82.8 Å². The van der Waals surface area contributed by atoms with Crippen LogP contribution in [-0.4, -0.2) is 47.0 Å². The van der Waals surface area contributed by atoms with E-state index < -0.39 is 0 Å². The first-order chi connectivity index (χ1) is 14.6. The highest BCUT2D eigenvalue weighted by atomic mass is 16.3. The van der Waals surface area contributed by atoms with Crippen molar-refractivity contribution in [1.82, 2.24) is 4.90 Å². The molecule has 0 aromatic carbocycles. The van der Waals surface area contributed by atoms with Crippen LogP contribution in [0, 0.1) is 17.8 Å². The molecular formula is C27H49NO2. The minimum atomic E-state index is -0.350. The minimum Gasteiger partial charge on any atom is -0.392 e. The van der Waals surface area contributed by atoms with E-state index >= 15 is 0 Å². The first-order valence-corrected chi connectivity index (χ1v) is 13.0. The second-order valence-electron chi connectivity index (χ2n) is 9.84. The van der Waals surface area contributed by atoms with Crippen LogP contribution in [0.25, 0.3) is 0 Å². The molecule has 2 aliphatic rings. The van der Waals surface area contributed by atoms with Crippen molar-refractivity contribution in [2.45, 2.75) is 110 Å². The van der Waals surface area contributed by atoms with Gasteiger partial charge in [-0.1, -0.05) is 70.3 Å². The summed E-state index contributed by atoms with van der Waals surface area (Å²) in [5.74, 6) is 1.33. The molecular weight excluding hydrogens is 370 g/mol. The molecule has 0 amide bonds. The third kappa shape index (κ3) is 8.48. The second-order valence-corrected chi connectivity index (χ2v) is 9.84. The average molecular weight is 420 g/mol. The van der Waals surface area contributed by atoms with Gasteiger partial charge in [-0.2, -0.15) is 0 Å². The van der Waals surface area contributed by atoms with Crippen molar-refractivity contribution < 1.29 is 10.2 Å². The van der Waals surface area contributed by atoms with Gasteiger partial charge in [0, 0.05) is 5.92 Å². The van der Waals surface area contributed by atoms with Crippen LogP contribution >= 0.6 is 0 Å². The van der Waals surface area contributed by atoms with Gasteiger partial charge in [0.1, 0.15) is 0 Å². The minimum absolute atomic E-state index is 0.223. The normalized spacial score (nSPS) is 27.2. The molecule has 3 nitrogen and oxygen atoms in total. The molecule has 0 heterocycles. The first kappa shape index (κ1) is 25.6. The molecule has 0 aromatic rings. The summed E-state index contributed by atoms with van der Waals surface area (Å²) in [7, 11) is 0. The zero-order chi connectivity index (χ0) is 21.8. The molecule has 30 heavy (non-hydrogen) atoms. The van der Waals surface area contributed by atoms with E-state index in [0.29, 0.717) is 11.8 Å². The fourth-order valence-electron chi connectivity index (χ4n) is 5.58. The molecule has 2 rings (SSSR count). The molecule has 0 aromatic heterocycles. The van der Waals surface area contributed by atoms with Crippen molar-refractivity contribution in [3.63, 3.8) is 0 Å². The maximum Gasteiger partial charge on any atom is 0.0721 e. The summed E-state index contributed by atoms with van der Waals surface area (Å²) in [5.41, 5.74) is 1.62. The highest BCUT2D eigenvalue weighted by molar-refractivity contribution is 5.21. The molecule has 3 heteroatoms. The smallest absolute Gasteiger partial charge is 0.0721 e. The first-order valence-electron chi connectivity index (χ1n) is 13.0. The Morgan fingerprint density at radius 2 is 1.77 bits per heavy atom. The summed E-state index contributed by atoms with van der Waals surface area (Å²) in [6.45, 7) is 10.5. The van der Waals surface area contributed by atoms with Gasteiger partial charge in [-0.3, -0.25) is 0 Å². The van der Waals surface area contributed by atoms with Crippen molar-refractivity contribution in [2.75, 3.05) is 19.6 Å². The molecule has 0 bridgehead atoms. The summed E-state index contributed by atoms with van der Waals surface area (Å²) >= 11 is 0. The Bertz CT molecular complexity index is 509. The standard InChI is InChI=1S/C27H49NO2/c1-4-7-9-13-24(29)14-15-25-26-20-22(19-23(26)21-27(25)30)12-10-8-11-18-28(16-5-2)17-6-3/h14-15,19,23-27,29-30H,4-13,16-18,20-21H2,1-3H3/b15-14+/t23-,24-,25+,26-,27+/m0/s1. The van der Waals surface area contributed by atoms with Gasteiger partial charge in [0.2, 0.25) is 0 Å². The van der Waals surface area contributed by atoms with E-state index in [4.69, 9.17) is 0 Å². The van der Waals surface area contributed by atoms with Gasteiger partial charge < -0.3 is 15.1 Å². The van der Waals surface area contributed by atoms with E-state index in [9.17, 15) is 10.2 Å². The lowest BCUT2D eigenvalue weighted by molar-refractivity contribution is 0.139. The number of hydrogen-bond donors (Lipinski definition) is 2. The van der Waals surface area contributed by atoms with E-state index in [1.807, 2.05) is 6.08 Å². The number of nitrogens with zero attached hydrogens (tertiary/aromatic N) is 1. The van der Waals surface area contributed by atoms with Crippen LogP contribution < -0.4 is 0 Å². The summed E-state index contributed by atoms with van der Waals surface area (Å²) < 4.78 is 0. The molecule has 0 saturated heterocycles. The van der Waals surface area contributed by atoms with Crippen molar-refractivity contribution >= 4 is 0 Å². The lowest BCUT2D eigenvalue weighted by Crippen LogP contribution is -2.26. The number of allylic oxidation sites excluding steroid dienone is 2. The maximum absolute atomic E-state index is 10.5. The molecule has 5 atom stereocenters. The van der Waals surface area contributed by atoms with Gasteiger partial charge in [0.15, 0.2) is 0 Å². The molecule has 0 aliphatic heterocycles. The van der Waals surface area contributed by atoms with Gasteiger partial charge in [0.05, 0.1) is 12.2 Å². The van der Waals surface area contributed by atoms with Crippen molar-refractivity contribution in [1.29, 1.82) is 0 Å². The number of hydrogen-bond acceptors (Lipinski definition) is 3. The molecule has 2 aliphatic carbocycles. The Balaban J connectivity index is 1.69. The monoisotopic (exact) mass is 419 g/mol. The van der Waals surface area contributed by atoms with Crippen molar-refractivity contribution in [3.05, 3.63) is 23.8 Å². The molecule has 1 saturated carbocycles. The van der Waals surface area contributed by atoms with Crippen LogP contribution in [-0.2, 0) is 0 Å². The van der Waals surface area contributed by atoms with Crippen molar-refractivity contribution in [3.8, 4) is 0 Å². The number of aliphatic hydroxyl groups excluding tert-OH is 2. The van der Waals surface area contributed by atoms with Crippen LogP contribution in [0.3, 0.4) is 0 Å². The van der Waals surface area contributed by atoms with Gasteiger partial charge in [-0.15, -0.1) is 0 Å². The molecule has 2 N–H and O–H groups in total.